The Labute approximate surface area is 230 Å². The number of aromatic nitrogens is 2. The molecule has 1 N–H and O–H groups in total. The molecule has 1 aromatic carbocycles. The van der Waals surface area contributed by atoms with Gasteiger partial charge in [-0.25, -0.2) is 9.18 Å². The maximum absolute atomic E-state index is 14.5. The van der Waals surface area contributed by atoms with E-state index in [1.54, 1.807) is 23.6 Å². The zero-order valence-corrected chi connectivity index (χ0v) is 22.5. The highest BCUT2D eigenvalue weighted by molar-refractivity contribution is 5.88. The van der Waals surface area contributed by atoms with E-state index in [0.29, 0.717) is 28.2 Å². The van der Waals surface area contributed by atoms with Crippen LogP contribution in [0.4, 0.5) is 4.39 Å². The molecule has 0 unspecified atom stereocenters. The number of pyridine rings is 2. The van der Waals surface area contributed by atoms with Crippen LogP contribution < -0.4 is 11.0 Å². The molecular formula is C31H32FN3O5. The molecule has 9 heteroatoms. The van der Waals surface area contributed by atoms with Gasteiger partial charge in [0.1, 0.15) is 12.4 Å². The molecule has 0 radical (unpaired) electrons. The summed E-state index contributed by atoms with van der Waals surface area (Å²) in [7, 11) is 0. The van der Waals surface area contributed by atoms with Gasteiger partial charge < -0.3 is 19.0 Å². The first-order chi connectivity index (χ1) is 19.2. The molecule has 8 nitrogen and oxygen atoms in total. The summed E-state index contributed by atoms with van der Waals surface area (Å²) in [4.78, 5) is 42.8. The third-order valence-electron chi connectivity index (χ3n) is 10.7. The van der Waals surface area contributed by atoms with Gasteiger partial charge >= 0.3 is 5.97 Å². The molecule has 0 bridgehead atoms. The molecule has 1 spiro atoms. The molecule has 8 rings (SSSR count). The van der Waals surface area contributed by atoms with Crippen molar-refractivity contribution in [3.05, 3.63) is 67.5 Å². The first kappa shape index (κ1) is 24.5. The zero-order valence-electron chi connectivity index (χ0n) is 22.5. The number of hydrogen-bond donors (Lipinski definition) is 1. The minimum absolute atomic E-state index is 0.0299. The number of carbonyl (C=O) groups is 1. The van der Waals surface area contributed by atoms with Gasteiger partial charge in [-0.2, -0.15) is 0 Å². The van der Waals surface area contributed by atoms with E-state index >= 15 is 0 Å². The second-order valence-electron chi connectivity index (χ2n) is 12.6. The van der Waals surface area contributed by atoms with Crippen LogP contribution in [0, 0.1) is 11.2 Å². The zero-order chi connectivity index (χ0) is 27.6. The first-order valence-corrected chi connectivity index (χ1v) is 14.5. The van der Waals surface area contributed by atoms with E-state index in [4.69, 9.17) is 4.74 Å². The highest BCUT2D eigenvalue weighted by Gasteiger charge is 2.51. The third kappa shape index (κ3) is 3.10. The monoisotopic (exact) mass is 545 g/mol. The highest BCUT2D eigenvalue weighted by Crippen LogP contribution is 2.57. The number of rotatable bonds is 3. The molecule has 3 fully saturated rings. The number of carbonyl (C=O) groups excluding carboxylic acids is 1. The minimum atomic E-state index is -1.96. The van der Waals surface area contributed by atoms with Gasteiger partial charge in [-0.05, 0) is 68.2 Å². The van der Waals surface area contributed by atoms with Crippen molar-refractivity contribution in [2.45, 2.75) is 82.7 Å². The summed E-state index contributed by atoms with van der Waals surface area (Å²) >= 11 is 0. The van der Waals surface area contributed by atoms with Crippen LogP contribution in [0.1, 0.15) is 74.7 Å². The van der Waals surface area contributed by atoms with Crippen molar-refractivity contribution >= 4 is 16.9 Å². The lowest BCUT2D eigenvalue weighted by Crippen LogP contribution is -2.53. The van der Waals surface area contributed by atoms with E-state index in [-0.39, 0.29) is 53.1 Å². The molecule has 2 aromatic heterocycles. The lowest BCUT2D eigenvalue weighted by Gasteiger charge is -2.56. The average Bonchev–Trinajstić information content (AvgIpc) is 3.51. The molecule has 40 heavy (non-hydrogen) atoms. The summed E-state index contributed by atoms with van der Waals surface area (Å²) in [5.41, 5.74) is 0.459. The van der Waals surface area contributed by atoms with Gasteiger partial charge in [0.15, 0.2) is 11.0 Å². The number of nitrogens with zero attached hydrogens (tertiary/aromatic N) is 3. The molecule has 2 aliphatic carbocycles. The summed E-state index contributed by atoms with van der Waals surface area (Å²) < 4.78 is 23.4. The Morgan fingerprint density at radius 3 is 2.65 bits per heavy atom. The number of fused-ring (bicyclic) bond motifs is 5. The number of hydrogen-bond acceptors (Lipinski definition) is 6. The molecule has 0 amide bonds. The second kappa shape index (κ2) is 8.13. The number of benzene rings is 1. The average molecular weight is 546 g/mol. The fourth-order valence-electron chi connectivity index (χ4n) is 8.28. The number of esters is 1. The SMILES string of the molecule is CC[C@@]1(O)C(=O)OCc2c1cc1n(c2=O)Cc2c-1c(=O)c1cc(F)ccc1n2[C@@H]1CCN(C2CC3(CCC3)C2)C1. The Hall–Kier alpha value is -3.30. The third-order valence-corrected chi connectivity index (χ3v) is 10.7. The summed E-state index contributed by atoms with van der Waals surface area (Å²) in [5.74, 6) is -1.29. The van der Waals surface area contributed by atoms with Crippen molar-refractivity contribution in [1.29, 1.82) is 0 Å². The van der Waals surface area contributed by atoms with Gasteiger partial charge in [-0.15, -0.1) is 0 Å². The van der Waals surface area contributed by atoms with Crippen LogP contribution >= 0.6 is 0 Å². The maximum Gasteiger partial charge on any atom is 0.343 e. The maximum atomic E-state index is 14.5. The van der Waals surface area contributed by atoms with Crippen LogP contribution in [0.2, 0.25) is 0 Å². The first-order valence-electron chi connectivity index (χ1n) is 14.5. The fourth-order valence-corrected chi connectivity index (χ4v) is 8.28. The van der Waals surface area contributed by atoms with Gasteiger partial charge in [-0.3, -0.25) is 14.5 Å². The molecule has 5 aliphatic rings. The summed E-state index contributed by atoms with van der Waals surface area (Å²) in [5, 5.41) is 11.5. The minimum Gasteiger partial charge on any atom is -0.458 e. The molecule has 3 aromatic rings. The molecular weight excluding hydrogens is 513 g/mol. The Balaban J connectivity index is 1.28. The normalized spacial score (nSPS) is 26.8. The standard InChI is InChI=1S/C31H32FN3O5/c1-2-31(39)22-11-24-26-25(15-34(24)28(37)21(22)16-40-29(31)38)35(23-5-4-17(32)10-20(23)27(26)36)18-6-9-33(14-18)19-12-30(13-19)7-3-8-30/h4-5,10-11,18-19,39H,2-3,6-9,12-16H2,1H3/t18-,31+/m1/s1. The van der Waals surface area contributed by atoms with Crippen molar-refractivity contribution in [2.24, 2.45) is 5.41 Å². The van der Waals surface area contributed by atoms with Crippen molar-refractivity contribution < 1.29 is 19.0 Å². The van der Waals surface area contributed by atoms with Crippen molar-refractivity contribution in [1.82, 2.24) is 14.0 Å². The Morgan fingerprint density at radius 2 is 1.93 bits per heavy atom. The fraction of sp³-hybridized carbons (Fsp3) is 0.516. The molecule has 3 aliphatic heterocycles. The number of aliphatic hydroxyl groups is 1. The van der Waals surface area contributed by atoms with Crippen LogP contribution in [0.5, 0.6) is 0 Å². The van der Waals surface area contributed by atoms with Gasteiger partial charge in [0.2, 0.25) is 0 Å². The number of ether oxygens (including phenoxy) is 1. The molecule has 2 atom stereocenters. The quantitative estimate of drug-likeness (QED) is 0.396. The van der Waals surface area contributed by atoms with Crippen LogP contribution in [-0.4, -0.2) is 44.2 Å². The molecule has 208 valence electrons. The Kier molecular flexibility index (Phi) is 4.98. The van der Waals surface area contributed by atoms with Crippen molar-refractivity contribution in [3.63, 3.8) is 0 Å². The second-order valence-corrected chi connectivity index (χ2v) is 12.6. The molecule has 2 saturated carbocycles. The van der Waals surface area contributed by atoms with E-state index in [0.717, 1.165) is 25.2 Å². The van der Waals surface area contributed by atoms with Crippen molar-refractivity contribution in [2.75, 3.05) is 13.1 Å². The van der Waals surface area contributed by atoms with Gasteiger partial charge in [0.25, 0.3) is 5.56 Å². The van der Waals surface area contributed by atoms with Crippen molar-refractivity contribution in [3.8, 4) is 11.3 Å². The van der Waals surface area contributed by atoms with Crippen LogP contribution in [0.25, 0.3) is 22.2 Å². The summed E-state index contributed by atoms with van der Waals surface area (Å²) in [6, 6.07) is 6.64. The van der Waals surface area contributed by atoms with Gasteiger partial charge in [0, 0.05) is 36.1 Å². The van der Waals surface area contributed by atoms with Gasteiger partial charge in [-0.1, -0.05) is 13.3 Å². The summed E-state index contributed by atoms with van der Waals surface area (Å²) in [6.07, 6.45) is 7.52. The topological polar surface area (TPSA) is 93.8 Å². The van der Waals surface area contributed by atoms with Gasteiger partial charge in [0.05, 0.1) is 34.6 Å². The number of cyclic esters (lactones) is 1. The molecule has 5 heterocycles. The Morgan fingerprint density at radius 1 is 1.12 bits per heavy atom. The Bertz CT molecular complexity index is 1750. The van der Waals surface area contributed by atoms with E-state index in [1.807, 2.05) is 0 Å². The van der Waals surface area contributed by atoms with Crippen LogP contribution in [0.15, 0.2) is 33.9 Å². The highest BCUT2D eigenvalue weighted by atomic mass is 19.1. The van der Waals surface area contributed by atoms with Crippen LogP contribution in [0.3, 0.4) is 0 Å². The summed E-state index contributed by atoms with van der Waals surface area (Å²) in [6.45, 7) is 3.45. The smallest absolute Gasteiger partial charge is 0.343 e. The predicted molar refractivity (Wildman–Crippen MR) is 145 cm³/mol. The van der Waals surface area contributed by atoms with E-state index in [9.17, 15) is 23.9 Å². The lowest BCUT2D eigenvalue weighted by molar-refractivity contribution is -0.172. The predicted octanol–water partition coefficient (Wildman–Crippen LogP) is 3.56. The van der Waals surface area contributed by atoms with E-state index in [2.05, 4.69) is 9.47 Å². The largest absolute Gasteiger partial charge is 0.458 e. The number of halogens is 1. The lowest BCUT2D eigenvalue weighted by atomic mass is 9.54. The molecule has 1 saturated heterocycles. The van der Waals surface area contributed by atoms with E-state index < -0.39 is 17.4 Å². The number of likely N-dealkylation sites (tertiary alicyclic amines) is 1. The van der Waals surface area contributed by atoms with Crippen LogP contribution in [-0.2, 0) is 28.3 Å². The van der Waals surface area contributed by atoms with E-state index in [1.165, 1.54) is 44.2 Å².